The second-order valence-electron chi connectivity index (χ2n) is 12.7. The molecule has 0 spiro atoms. The van der Waals surface area contributed by atoms with Gasteiger partial charge in [-0.05, 0) is 81.1 Å². The fourth-order valence-electron chi connectivity index (χ4n) is 5.23. The van der Waals surface area contributed by atoms with Gasteiger partial charge in [-0.1, -0.05) is 81.5 Å². The lowest BCUT2D eigenvalue weighted by atomic mass is 9.99. The molecule has 0 aliphatic rings. The van der Waals surface area contributed by atoms with E-state index in [1.807, 2.05) is 25.1 Å². The Balaban J connectivity index is 2.06. The molecule has 0 heterocycles. The van der Waals surface area contributed by atoms with Crippen LogP contribution in [0, 0.1) is 6.92 Å². The third kappa shape index (κ3) is 11.4. The predicted molar refractivity (Wildman–Crippen MR) is 181 cm³/mol. The summed E-state index contributed by atoms with van der Waals surface area (Å²) in [6.45, 7) is 9.50. The van der Waals surface area contributed by atoms with Crippen LogP contribution in [0.1, 0.15) is 89.0 Å². The Kier molecular flexibility index (Phi) is 13.5. The molecule has 3 amide bonds. The van der Waals surface area contributed by atoms with Crippen LogP contribution < -0.4 is 10.6 Å². The van der Waals surface area contributed by atoms with Gasteiger partial charge in [0.2, 0.25) is 5.91 Å². The van der Waals surface area contributed by atoms with Gasteiger partial charge < -0.3 is 30.5 Å². The van der Waals surface area contributed by atoms with Crippen LogP contribution in [-0.2, 0) is 20.7 Å². The van der Waals surface area contributed by atoms with Crippen LogP contribution >= 0.6 is 0 Å². The maximum Gasteiger partial charge on any atom is 0.408 e. The van der Waals surface area contributed by atoms with Gasteiger partial charge in [-0.15, -0.1) is 0 Å². The van der Waals surface area contributed by atoms with Crippen LogP contribution in [0.15, 0.2) is 72.8 Å². The molecule has 9 nitrogen and oxygen atoms in total. The van der Waals surface area contributed by atoms with Crippen LogP contribution in [0.5, 0.6) is 11.5 Å². The van der Waals surface area contributed by atoms with Gasteiger partial charge in [-0.3, -0.25) is 9.59 Å². The molecular formula is C37H49N3O6. The number of alkyl carbamates (subject to hydrolysis) is 1. The number of amides is 3. The van der Waals surface area contributed by atoms with E-state index in [0.717, 1.165) is 37.7 Å². The number of carbonyl (C=O) groups is 3. The summed E-state index contributed by atoms with van der Waals surface area (Å²) in [5, 5.41) is 26.0. The minimum absolute atomic E-state index is 0.0364. The van der Waals surface area contributed by atoms with Crippen LogP contribution in [0.2, 0.25) is 0 Å². The van der Waals surface area contributed by atoms with Gasteiger partial charge in [0.1, 0.15) is 29.2 Å². The molecule has 0 radical (unpaired) electrons. The molecule has 0 bridgehead atoms. The van der Waals surface area contributed by atoms with Gasteiger partial charge in [-0.2, -0.15) is 0 Å². The number of ether oxygens (including phenoxy) is 1. The Morgan fingerprint density at radius 3 is 2.17 bits per heavy atom. The molecule has 3 aromatic rings. The van der Waals surface area contributed by atoms with Crippen LogP contribution in [0.4, 0.5) is 10.5 Å². The van der Waals surface area contributed by atoms with Crippen molar-refractivity contribution in [3.63, 3.8) is 0 Å². The largest absolute Gasteiger partial charge is 0.508 e. The highest BCUT2D eigenvalue weighted by molar-refractivity contribution is 5.99. The second kappa shape index (κ2) is 17.2. The van der Waals surface area contributed by atoms with E-state index in [4.69, 9.17) is 4.74 Å². The van der Waals surface area contributed by atoms with Crippen molar-refractivity contribution >= 4 is 23.6 Å². The van der Waals surface area contributed by atoms with Crippen molar-refractivity contribution in [3.05, 3.63) is 89.5 Å². The highest BCUT2D eigenvalue weighted by atomic mass is 16.6. The van der Waals surface area contributed by atoms with E-state index in [0.29, 0.717) is 23.2 Å². The summed E-state index contributed by atoms with van der Waals surface area (Å²) in [5.41, 5.74) is 1.80. The lowest BCUT2D eigenvalue weighted by molar-refractivity contribution is -0.140. The highest BCUT2D eigenvalue weighted by Crippen LogP contribution is 2.29. The first-order valence-corrected chi connectivity index (χ1v) is 16.1. The molecular weight excluding hydrogens is 582 g/mol. The van der Waals surface area contributed by atoms with Crippen molar-refractivity contribution in [2.45, 2.75) is 97.2 Å². The summed E-state index contributed by atoms with van der Waals surface area (Å²) in [5.74, 6) is -0.875. The van der Waals surface area contributed by atoms with Crippen molar-refractivity contribution in [3.8, 4) is 11.5 Å². The number of para-hydroxylation sites is 1. The van der Waals surface area contributed by atoms with Crippen molar-refractivity contribution < 1.29 is 29.3 Å². The van der Waals surface area contributed by atoms with E-state index in [2.05, 4.69) is 17.6 Å². The van der Waals surface area contributed by atoms with E-state index < -0.39 is 35.6 Å². The van der Waals surface area contributed by atoms with Crippen molar-refractivity contribution in [2.24, 2.45) is 0 Å². The second-order valence-corrected chi connectivity index (χ2v) is 12.7. The molecule has 0 saturated heterocycles. The SMILES string of the molecule is CCCCCCCCN(C(=O)C(Cc1ccc(O)cc1)NC(=O)OC(C)(C)C)C(C(=O)Nc1ccccc1C)c1cccc(O)c1. The molecule has 0 saturated carbocycles. The first kappa shape index (κ1) is 35.9. The van der Waals surface area contributed by atoms with Gasteiger partial charge in [0.25, 0.3) is 5.91 Å². The minimum Gasteiger partial charge on any atom is -0.508 e. The van der Waals surface area contributed by atoms with E-state index in [1.165, 1.54) is 29.2 Å². The number of nitrogens with zero attached hydrogens (tertiary/aromatic N) is 1. The molecule has 2 atom stereocenters. The zero-order valence-corrected chi connectivity index (χ0v) is 27.7. The zero-order chi connectivity index (χ0) is 33.7. The number of phenols is 2. The van der Waals surface area contributed by atoms with E-state index in [9.17, 15) is 24.6 Å². The van der Waals surface area contributed by atoms with Gasteiger partial charge in [0, 0.05) is 18.7 Å². The third-order valence-corrected chi connectivity index (χ3v) is 7.55. The number of hydrogen-bond acceptors (Lipinski definition) is 6. The molecule has 46 heavy (non-hydrogen) atoms. The average Bonchev–Trinajstić information content (AvgIpc) is 2.99. The number of phenolic OH excluding ortho intramolecular Hbond substituents is 2. The molecule has 0 fully saturated rings. The topological polar surface area (TPSA) is 128 Å². The number of aryl methyl sites for hydroxylation is 1. The Hall–Kier alpha value is -4.53. The maximum atomic E-state index is 14.7. The third-order valence-electron chi connectivity index (χ3n) is 7.55. The van der Waals surface area contributed by atoms with Crippen LogP contribution in [0.25, 0.3) is 0 Å². The highest BCUT2D eigenvalue weighted by Gasteiger charge is 2.36. The lowest BCUT2D eigenvalue weighted by Gasteiger charge is -2.35. The number of hydrogen-bond donors (Lipinski definition) is 4. The van der Waals surface area contributed by atoms with Crippen molar-refractivity contribution in [2.75, 3.05) is 11.9 Å². The van der Waals surface area contributed by atoms with Crippen molar-refractivity contribution in [1.82, 2.24) is 10.2 Å². The fraction of sp³-hybridized carbons (Fsp3) is 0.432. The number of nitrogens with one attached hydrogen (secondary N) is 2. The summed E-state index contributed by atoms with van der Waals surface area (Å²) >= 11 is 0. The molecule has 0 aliphatic heterocycles. The normalized spacial score (nSPS) is 12.5. The Morgan fingerprint density at radius 2 is 1.52 bits per heavy atom. The monoisotopic (exact) mass is 631 g/mol. The Morgan fingerprint density at radius 1 is 0.848 bits per heavy atom. The van der Waals surface area contributed by atoms with Gasteiger partial charge in [0.15, 0.2) is 0 Å². The molecule has 4 N–H and O–H groups in total. The minimum atomic E-state index is -1.11. The Labute approximate surface area is 273 Å². The first-order valence-electron chi connectivity index (χ1n) is 16.1. The summed E-state index contributed by atoms with van der Waals surface area (Å²) < 4.78 is 5.52. The summed E-state index contributed by atoms with van der Waals surface area (Å²) in [6.07, 6.45) is 5.14. The standard InChI is InChI=1S/C37H49N3O6/c1-6-7-8-9-10-13-23-40(33(28-16-14-17-30(42)25-28)34(43)38-31-18-12-11-15-26(31)2)35(44)32(39-36(45)46-37(3,4)5)24-27-19-21-29(41)22-20-27/h11-12,14-22,25,32-33,41-42H,6-10,13,23-24H2,1-5H3,(H,38,43)(H,39,45). The Bertz CT molecular complexity index is 1430. The van der Waals surface area contributed by atoms with Crippen LogP contribution in [0.3, 0.4) is 0 Å². The van der Waals surface area contributed by atoms with Gasteiger partial charge in [0.05, 0.1) is 0 Å². The summed E-state index contributed by atoms with van der Waals surface area (Å²) in [6, 6.07) is 17.9. The summed E-state index contributed by atoms with van der Waals surface area (Å²) in [4.78, 5) is 43.4. The van der Waals surface area contributed by atoms with E-state index in [-0.39, 0.29) is 24.5 Å². The summed E-state index contributed by atoms with van der Waals surface area (Å²) in [7, 11) is 0. The average molecular weight is 632 g/mol. The predicted octanol–water partition coefficient (Wildman–Crippen LogP) is 7.41. The number of benzene rings is 3. The molecule has 9 heteroatoms. The number of anilines is 1. The van der Waals surface area contributed by atoms with Gasteiger partial charge >= 0.3 is 6.09 Å². The smallest absolute Gasteiger partial charge is 0.408 e. The number of unbranched alkanes of at least 4 members (excludes halogenated alkanes) is 5. The van der Waals surface area contributed by atoms with Crippen LogP contribution in [-0.4, -0.2) is 51.2 Å². The number of rotatable bonds is 15. The van der Waals surface area contributed by atoms with E-state index >= 15 is 0 Å². The number of carbonyl (C=O) groups excluding carboxylic acids is 3. The van der Waals surface area contributed by atoms with E-state index in [1.54, 1.807) is 51.1 Å². The zero-order valence-electron chi connectivity index (χ0n) is 27.7. The lowest BCUT2D eigenvalue weighted by Crippen LogP contribution is -2.53. The first-order chi connectivity index (χ1) is 21.9. The maximum absolute atomic E-state index is 14.7. The molecule has 3 aromatic carbocycles. The van der Waals surface area contributed by atoms with Crippen molar-refractivity contribution in [1.29, 1.82) is 0 Å². The van der Waals surface area contributed by atoms with Gasteiger partial charge in [-0.25, -0.2) is 4.79 Å². The quantitative estimate of drug-likeness (QED) is 0.129. The molecule has 248 valence electrons. The number of aromatic hydroxyl groups is 2. The molecule has 2 unspecified atom stereocenters. The molecule has 3 rings (SSSR count). The molecule has 0 aromatic heterocycles. The molecule has 0 aliphatic carbocycles. The fourth-order valence-corrected chi connectivity index (χ4v) is 5.23.